The van der Waals surface area contributed by atoms with Gasteiger partial charge in [-0.25, -0.2) is 0 Å². The minimum absolute atomic E-state index is 0.0779. The van der Waals surface area contributed by atoms with E-state index in [0.29, 0.717) is 43.2 Å². The number of guanidine groups is 1. The summed E-state index contributed by atoms with van der Waals surface area (Å²) in [6.45, 7) is 1.12. The number of aliphatic imine (C=N–C) groups is 1. The number of likely N-dealkylation sites (N-methyl/N-ethyl adjacent to an activating group) is 1. The lowest BCUT2D eigenvalue weighted by molar-refractivity contribution is -0.173. The Morgan fingerprint density at radius 1 is 0.905 bits per heavy atom. The summed E-state index contributed by atoms with van der Waals surface area (Å²) in [5, 5.41) is 42.8. The fourth-order valence-corrected chi connectivity index (χ4v) is 9.83. The Labute approximate surface area is 362 Å². The van der Waals surface area contributed by atoms with Crippen LogP contribution >= 0.6 is 0 Å². The largest absolute Gasteiger partial charge is 0.504 e. The van der Waals surface area contributed by atoms with Crippen LogP contribution in [-0.2, 0) is 47.0 Å². The zero-order chi connectivity index (χ0) is 44.5. The third-order valence-electron chi connectivity index (χ3n) is 13.0. The average Bonchev–Trinajstić information content (AvgIpc) is 3.91. The number of carbonyl (C=O) groups excluding carboxylic acids is 6. The lowest BCUT2D eigenvalue weighted by Crippen LogP contribution is -2.74. The molecule has 3 aliphatic carbocycles. The Hall–Kier alpha value is -6.41. The highest BCUT2D eigenvalue weighted by molar-refractivity contribution is 6.03. The second kappa shape index (κ2) is 17.8. The van der Waals surface area contributed by atoms with E-state index in [9.17, 15) is 39.0 Å². The number of aromatic hydroxyl groups is 1. The van der Waals surface area contributed by atoms with Gasteiger partial charge in [0, 0.05) is 62.9 Å². The summed E-state index contributed by atoms with van der Waals surface area (Å²) in [4.78, 5) is 81.9. The number of anilines is 1. The quantitative estimate of drug-likeness (QED) is 0.0409. The molecule has 1 spiro atoms. The number of phenols is 1. The molecule has 20 heteroatoms. The summed E-state index contributed by atoms with van der Waals surface area (Å²) in [5.41, 5.74) is 10.0. The number of likely N-dealkylation sites (tertiary alicyclic amines) is 1. The second-order valence-electron chi connectivity index (χ2n) is 17.0. The van der Waals surface area contributed by atoms with Crippen molar-refractivity contribution in [2.24, 2.45) is 16.6 Å². The third-order valence-corrected chi connectivity index (χ3v) is 13.0. The molecule has 4 atom stereocenters. The van der Waals surface area contributed by atoms with Gasteiger partial charge in [0.2, 0.25) is 35.4 Å². The number of phenolic OH excluding ortho intramolecular Hbond substituents is 1. The summed E-state index contributed by atoms with van der Waals surface area (Å²) >= 11 is 0. The van der Waals surface area contributed by atoms with E-state index in [4.69, 9.17) is 10.5 Å². The highest BCUT2D eigenvalue weighted by Crippen LogP contribution is 2.69. The maximum atomic E-state index is 13.1. The van der Waals surface area contributed by atoms with E-state index >= 15 is 0 Å². The van der Waals surface area contributed by atoms with Crippen LogP contribution in [0.25, 0.3) is 10.9 Å². The summed E-state index contributed by atoms with van der Waals surface area (Å²) in [6, 6.07) is 9.52. The number of hydrogen-bond acceptors (Lipinski definition) is 11. The molecule has 6 amide bonds. The monoisotopic (exact) mass is 869 g/mol. The Balaban J connectivity index is 0.793. The number of aromatic amines is 1. The van der Waals surface area contributed by atoms with Gasteiger partial charge in [-0.3, -0.25) is 38.7 Å². The van der Waals surface area contributed by atoms with Gasteiger partial charge in [-0.05, 0) is 67.8 Å². The van der Waals surface area contributed by atoms with Crippen LogP contribution in [0.3, 0.4) is 0 Å². The van der Waals surface area contributed by atoms with Crippen LogP contribution in [0.2, 0.25) is 0 Å². The third kappa shape index (κ3) is 8.56. The molecule has 0 unspecified atom stereocenters. The fraction of sp³-hybridized carbons (Fsp3) is 0.512. The number of aromatic nitrogens is 1. The second-order valence-corrected chi connectivity index (χ2v) is 17.0. The lowest BCUT2D eigenvalue weighted by Gasteiger charge is -2.62. The van der Waals surface area contributed by atoms with Gasteiger partial charge in [0.1, 0.15) is 0 Å². The summed E-state index contributed by atoms with van der Waals surface area (Å²) in [7, 11) is 1.42. The number of aliphatic hydroxyl groups is 1. The first-order chi connectivity index (χ1) is 30.3. The van der Waals surface area contributed by atoms with Crippen LogP contribution < -0.4 is 47.7 Å². The van der Waals surface area contributed by atoms with Gasteiger partial charge in [-0.1, -0.05) is 18.2 Å². The van der Waals surface area contributed by atoms with Gasteiger partial charge in [0.25, 0.3) is 0 Å². The number of nitrogens with zero attached hydrogens (tertiary/aromatic N) is 2. The molecule has 63 heavy (non-hydrogen) atoms. The normalized spacial score (nSPS) is 22.8. The predicted molar refractivity (Wildman–Crippen MR) is 230 cm³/mol. The Morgan fingerprint density at radius 3 is 2.25 bits per heavy atom. The first-order valence-electron chi connectivity index (χ1n) is 21.5. The number of hydrogen-bond donors (Lipinski definition) is 11. The first kappa shape index (κ1) is 43.2. The molecule has 2 aromatic carbocycles. The number of nitrogens with two attached hydrogens (primary N) is 1. The van der Waals surface area contributed by atoms with E-state index in [1.807, 2.05) is 24.3 Å². The maximum absolute atomic E-state index is 13.1. The number of fused-ring (bicyclic) bond motifs is 4. The SMILES string of the molecule is CNC(=O)CNC(=O)CNC(=O)CCC(=O)NCC(=O)NCC(=O)NCCCN=C(N)Nc1cccc2c3c([nH]c12)[C@@H]1Oc2c(O)ccc4c2[C@@]12CCN(CC1CC1)[C@H](C4)[C@]2(O)C3. The highest BCUT2D eigenvalue weighted by atomic mass is 16.5. The van der Waals surface area contributed by atoms with Crippen LogP contribution in [0.5, 0.6) is 11.5 Å². The summed E-state index contributed by atoms with van der Waals surface area (Å²) in [5.74, 6) is -1.69. The van der Waals surface area contributed by atoms with E-state index in [1.165, 1.54) is 19.9 Å². The van der Waals surface area contributed by atoms with Crippen molar-refractivity contribution in [1.82, 2.24) is 41.8 Å². The molecule has 20 nitrogen and oxygen atoms in total. The summed E-state index contributed by atoms with van der Waals surface area (Å²) < 4.78 is 6.74. The fourth-order valence-electron chi connectivity index (χ4n) is 9.83. The molecule has 3 heterocycles. The number of nitrogens with one attached hydrogen (secondary N) is 8. The van der Waals surface area contributed by atoms with Crippen molar-refractivity contribution in [2.75, 3.05) is 64.7 Å². The molecule has 12 N–H and O–H groups in total. The Bertz CT molecular complexity index is 2360. The molecule has 1 aromatic heterocycles. The van der Waals surface area contributed by atoms with E-state index in [-0.39, 0.29) is 56.8 Å². The van der Waals surface area contributed by atoms with Gasteiger partial charge in [0.15, 0.2) is 23.6 Å². The van der Waals surface area contributed by atoms with E-state index < -0.39 is 59.1 Å². The number of benzene rings is 2. The van der Waals surface area contributed by atoms with Gasteiger partial charge < -0.3 is 62.9 Å². The zero-order valence-corrected chi connectivity index (χ0v) is 35.2. The standard InChI is InChI=1S/C43H55N11O9/c1-45-32(58)18-50-34(60)20-48-30(56)10-11-31(57)49-21-35(61)51-19-33(59)46-13-3-14-47-41(44)52-27-5-2-4-25-26-17-43(62)29-16-24-8-9-28(55)39-36(24)42(43,12-15-54(29)22-23-6-7-23)40(63-39)38(26)53-37(25)27/h2,4-5,8-9,23,29,40,53,55,62H,3,6-7,10-22H2,1H3,(H,45,58)(H,46,59)(H,48,56)(H,49,57)(H,50,60)(H,51,61)(H3,44,47,52)/t29-,40+,42+,43-/m1/s1. The molecule has 1 saturated carbocycles. The number of carbonyl (C=O) groups is 6. The number of para-hydroxylation sites is 1. The van der Waals surface area contributed by atoms with Crippen molar-refractivity contribution in [3.8, 4) is 11.5 Å². The number of H-pyrrole nitrogens is 1. The zero-order valence-electron chi connectivity index (χ0n) is 35.2. The van der Waals surface area contributed by atoms with Crippen molar-refractivity contribution in [1.29, 1.82) is 0 Å². The molecule has 2 aliphatic heterocycles. The molecular weight excluding hydrogens is 815 g/mol. The van der Waals surface area contributed by atoms with Gasteiger partial charge >= 0.3 is 0 Å². The van der Waals surface area contributed by atoms with Crippen LogP contribution in [0.15, 0.2) is 35.3 Å². The first-order valence-corrected chi connectivity index (χ1v) is 21.5. The highest BCUT2D eigenvalue weighted by Gasteiger charge is 2.73. The molecular formula is C43H55N11O9. The molecule has 3 aromatic rings. The predicted octanol–water partition coefficient (Wildman–Crippen LogP) is -1.20. The molecule has 336 valence electrons. The smallest absolute Gasteiger partial charge is 0.239 e. The molecule has 8 rings (SSSR count). The average molecular weight is 870 g/mol. The minimum Gasteiger partial charge on any atom is -0.504 e. The van der Waals surface area contributed by atoms with E-state index in [1.54, 1.807) is 6.07 Å². The molecule has 2 bridgehead atoms. The van der Waals surface area contributed by atoms with Crippen molar-refractivity contribution in [3.05, 3.63) is 52.7 Å². The van der Waals surface area contributed by atoms with Crippen molar-refractivity contribution < 1.29 is 43.7 Å². The number of piperidine rings is 1. The Morgan fingerprint density at radius 2 is 1.57 bits per heavy atom. The van der Waals surface area contributed by atoms with Crippen molar-refractivity contribution in [2.45, 2.75) is 74.5 Å². The summed E-state index contributed by atoms with van der Waals surface area (Å²) in [6.07, 6.45) is 3.83. The molecule has 2 fully saturated rings. The minimum atomic E-state index is -1.11. The molecule has 0 radical (unpaired) electrons. The number of rotatable bonds is 18. The van der Waals surface area contributed by atoms with Gasteiger partial charge in [0.05, 0.1) is 54.1 Å². The molecule has 1 saturated heterocycles. The van der Waals surface area contributed by atoms with Crippen LogP contribution in [0.4, 0.5) is 5.69 Å². The van der Waals surface area contributed by atoms with Crippen molar-refractivity contribution in [3.63, 3.8) is 0 Å². The molecule has 5 aliphatic rings. The van der Waals surface area contributed by atoms with Gasteiger partial charge in [-0.2, -0.15) is 0 Å². The maximum Gasteiger partial charge on any atom is 0.239 e. The number of amides is 6. The van der Waals surface area contributed by atoms with Crippen LogP contribution in [0, 0.1) is 5.92 Å². The van der Waals surface area contributed by atoms with Crippen LogP contribution in [0.1, 0.15) is 67.0 Å². The van der Waals surface area contributed by atoms with Crippen molar-refractivity contribution >= 4 is 58.0 Å². The van der Waals surface area contributed by atoms with Gasteiger partial charge in [-0.15, -0.1) is 0 Å². The number of ether oxygens (including phenoxy) is 1. The topological polar surface area (TPSA) is 294 Å². The Kier molecular flexibility index (Phi) is 12.2. The van der Waals surface area contributed by atoms with E-state index in [2.05, 4.69) is 52.1 Å². The van der Waals surface area contributed by atoms with Crippen LogP contribution in [-0.4, -0.2) is 133 Å². The van der Waals surface area contributed by atoms with E-state index in [0.717, 1.165) is 52.8 Å². The lowest BCUT2D eigenvalue weighted by atomic mass is 9.49.